The van der Waals surface area contributed by atoms with Crippen LogP contribution in [0.4, 0.5) is 0 Å². The van der Waals surface area contributed by atoms with E-state index in [1.165, 1.54) is 0 Å². The van der Waals surface area contributed by atoms with Gasteiger partial charge < -0.3 is 10.2 Å². The Labute approximate surface area is 132 Å². The van der Waals surface area contributed by atoms with Gasteiger partial charge in [-0.05, 0) is 44.5 Å². The second-order valence-corrected chi connectivity index (χ2v) is 5.55. The summed E-state index contributed by atoms with van der Waals surface area (Å²) in [6.45, 7) is 2.83. The molecule has 0 spiro atoms. The van der Waals surface area contributed by atoms with Crippen molar-refractivity contribution in [2.24, 2.45) is 0 Å². The molecule has 2 rings (SSSR count). The van der Waals surface area contributed by atoms with Crippen LogP contribution in [0.3, 0.4) is 0 Å². The summed E-state index contributed by atoms with van der Waals surface area (Å²) in [5.41, 5.74) is 1.15. The van der Waals surface area contributed by atoms with Crippen LogP contribution in [0, 0.1) is 0 Å². The quantitative estimate of drug-likeness (QED) is 0.872. The Morgan fingerprint density at radius 2 is 2.00 bits per heavy atom. The molecule has 1 saturated carbocycles. The van der Waals surface area contributed by atoms with Crippen LogP contribution in [0.1, 0.15) is 37.8 Å². The number of hydrogen-bond acceptors (Lipinski definition) is 2. The van der Waals surface area contributed by atoms with Crippen LogP contribution in [0.2, 0.25) is 5.02 Å². The number of nitrogens with one attached hydrogen (secondary N) is 1. The molecule has 1 unspecified atom stereocenters. The minimum atomic E-state index is 0. The van der Waals surface area contributed by atoms with Crippen LogP contribution in [-0.4, -0.2) is 30.4 Å². The van der Waals surface area contributed by atoms with E-state index >= 15 is 0 Å². The molecule has 1 N–H and O–H groups in total. The smallest absolute Gasteiger partial charge is 0.224 e. The van der Waals surface area contributed by atoms with E-state index in [1.807, 2.05) is 36.2 Å². The van der Waals surface area contributed by atoms with Gasteiger partial charge in [0.05, 0.1) is 6.04 Å². The van der Waals surface area contributed by atoms with Crippen molar-refractivity contribution in [3.8, 4) is 0 Å². The van der Waals surface area contributed by atoms with E-state index in [1.54, 1.807) is 0 Å². The van der Waals surface area contributed by atoms with Gasteiger partial charge in [0.25, 0.3) is 0 Å². The second-order valence-electron chi connectivity index (χ2n) is 5.11. The minimum absolute atomic E-state index is 0. The molecular weight excluding hydrogens is 295 g/mol. The number of rotatable bonds is 6. The van der Waals surface area contributed by atoms with Gasteiger partial charge in [-0.1, -0.05) is 23.7 Å². The lowest BCUT2D eigenvalue weighted by Crippen LogP contribution is -2.36. The van der Waals surface area contributed by atoms with Crippen LogP contribution in [-0.2, 0) is 4.79 Å². The molecule has 1 aliphatic carbocycles. The third-order valence-electron chi connectivity index (χ3n) is 3.59. The molecule has 0 heterocycles. The maximum atomic E-state index is 12.3. The Hall–Kier alpha value is -0.770. The van der Waals surface area contributed by atoms with Crippen molar-refractivity contribution in [1.29, 1.82) is 0 Å². The maximum Gasteiger partial charge on any atom is 0.224 e. The average Bonchev–Trinajstić information content (AvgIpc) is 3.22. The van der Waals surface area contributed by atoms with Crippen molar-refractivity contribution < 1.29 is 4.79 Å². The van der Waals surface area contributed by atoms with Gasteiger partial charge >= 0.3 is 0 Å². The van der Waals surface area contributed by atoms with Gasteiger partial charge in [-0.15, -0.1) is 12.4 Å². The van der Waals surface area contributed by atoms with E-state index in [0.717, 1.165) is 30.0 Å². The molecule has 112 valence electrons. The monoisotopic (exact) mass is 316 g/mol. The number of benzene rings is 1. The minimum Gasteiger partial charge on any atom is -0.333 e. The van der Waals surface area contributed by atoms with Gasteiger partial charge in [0.15, 0.2) is 0 Å². The van der Waals surface area contributed by atoms with Crippen molar-refractivity contribution in [2.45, 2.75) is 38.3 Å². The lowest BCUT2D eigenvalue weighted by atomic mass is 10.1. The topological polar surface area (TPSA) is 32.3 Å². The Balaban J connectivity index is 0.00000200. The molecule has 5 heteroatoms. The van der Waals surface area contributed by atoms with Crippen molar-refractivity contribution >= 4 is 29.9 Å². The second kappa shape index (κ2) is 7.87. The first-order chi connectivity index (χ1) is 9.13. The zero-order chi connectivity index (χ0) is 13.8. The highest BCUT2D eigenvalue weighted by Gasteiger charge is 2.35. The molecule has 0 saturated heterocycles. The SMILES string of the molecule is CNCCC(=O)N(C1CC1)C(C)c1ccc(Cl)cc1.Cl. The highest BCUT2D eigenvalue weighted by atomic mass is 35.5. The molecule has 20 heavy (non-hydrogen) atoms. The third-order valence-corrected chi connectivity index (χ3v) is 3.84. The number of hydrogen-bond donors (Lipinski definition) is 1. The summed E-state index contributed by atoms with van der Waals surface area (Å²) in [7, 11) is 1.87. The molecule has 0 aliphatic heterocycles. The molecular formula is C15H22Cl2N2O. The third kappa shape index (κ3) is 4.37. The van der Waals surface area contributed by atoms with Crippen molar-refractivity contribution in [2.75, 3.05) is 13.6 Å². The van der Waals surface area contributed by atoms with Gasteiger partial charge in [-0.2, -0.15) is 0 Å². The van der Waals surface area contributed by atoms with Gasteiger partial charge in [0, 0.05) is 24.0 Å². The first-order valence-corrected chi connectivity index (χ1v) is 7.22. The molecule has 1 atom stereocenters. The van der Waals surface area contributed by atoms with E-state index in [2.05, 4.69) is 12.2 Å². The normalized spacial score (nSPS) is 15.3. The molecule has 3 nitrogen and oxygen atoms in total. The van der Waals surface area contributed by atoms with E-state index in [4.69, 9.17) is 11.6 Å². The molecule has 1 amide bonds. The summed E-state index contributed by atoms with van der Waals surface area (Å²) in [6.07, 6.45) is 2.82. The molecule has 0 radical (unpaired) electrons. The molecule has 1 aliphatic rings. The van der Waals surface area contributed by atoms with Crippen molar-refractivity contribution in [3.63, 3.8) is 0 Å². The van der Waals surface area contributed by atoms with Gasteiger partial charge in [0.2, 0.25) is 5.91 Å². The highest BCUT2D eigenvalue weighted by molar-refractivity contribution is 6.30. The predicted octanol–water partition coefficient (Wildman–Crippen LogP) is 3.42. The fourth-order valence-electron chi connectivity index (χ4n) is 2.35. The molecule has 1 fully saturated rings. The predicted molar refractivity (Wildman–Crippen MR) is 85.5 cm³/mol. The van der Waals surface area contributed by atoms with Crippen LogP contribution < -0.4 is 5.32 Å². The summed E-state index contributed by atoms with van der Waals surface area (Å²) in [5.74, 6) is 0.235. The number of carbonyl (C=O) groups is 1. The first-order valence-electron chi connectivity index (χ1n) is 6.84. The molecule has 0 bridgehead atoms. The fraction of sp³-hybridized carbons (Fsp3) is 0.533. The average molecular weight is 317 g/mol. The highest BCUT2D eigenvalue weighted by Crippen LogP contribution is 2.35. The zero-order valence-corrected chi connectivity index (χ0v) is 13.5. The number of nitrogens with zero attached hydrogens (tertiary/aromatic N) is 1. The zero-order valence-electron chi connectivity index (χ0n) is 11.9. The standard InChI is InChI=1S/C15H21ClN2O.ClH/c1-11(12-3-5-13(16)6-4-12)18(14-7-8-14)15(19)9-10-17-2;/h3-6,11,14,17H,7-10H2,1-2H3;1H. The fourth-order valence-corrected chi connectivity index (χ4v) is 2.48. The Morgan fingerprint density at radius 3 is 2.50 bits per heavy atom. The molecule has 1 aromatic carbocycles. The summed E-state index contributed by atoms with van der Waals surface area (Å²) >= 11 is 5.91. The van der Waals surface area contributed by atoms with Gasteiger partial charge in [-0.3, -0.25) is 4.79 Å². The summed E-state index contributed by atoms with van der Waals surface area (Å²) < 4.78 is 0. The Kier molecular flexibility index (Phi) is 6.80. The Morgan fingerprint density at radius 1 is 1.40 bits per heavy atom. The summed E-state index contributed by atoms with van der Waals surface area (Å²) in [4.78, 5) is 14.4. The number of carbonyl (C=O) groups excluding carboxylic acids is 1. The van der Waals surface area contributed by atoms with Crippen LogP contribution in [0.5, 0.6) is 0 Å². The Bertz CT molecular complexity index is 432. The van der Waals surface area contributed by atoms with Crippen LogP contribution in [0.15, 0.2) is 24.3 Å². The van der Waals surface area contributed by atoms with E-state index < -0.39 is 0 Å². The van der Waals surface area contributed by atoms with Crippen molar-refractivity contribution in [3.05, 3.63) is 34.9 Å². The first kappa shape index (κ1) is 17.3. The van der Waals surface area contributed by atoms with Crippen LogP contribution in [0.25, 0.3) is 0 Å². The van der Waals surface area contributed by atoms with Gasteiger partial charge in [0.1, 0.15) is 0 Å². The summed E-state index contributed by atoms with van der Waals surface area (Å²) in [6, 6.07) is 8.33. The number of amides is 1. The van der Waals surface area contributed by atoms with Gasteiger partial charge in [-0.25, -0.2) is 0 Å². The number of halogens is 2. The molecule has 1 aromatic rings. The lowest BCUT2D eigenvalue weighted by Gasteiger charge is -2.30. The van der Waals surface area contributed by atoms with E-state index in [9.17, 15) is 4.79 Å². The maximum absolute atomic E-state index is 12.3. The van der Waals surface area contributed by atoms with Crippen molar-refractivity contribution in [1.82, 2.24) is 10.2 Å². The largest absolute Gasteiger partial charge is 0.333 e. The molecule has 0 aromatic heterocycles. The van der Waals surface area contributed by atoms with E-state index in [-0.39, 0.29) is 24.4 Å². The summed E-state index contributed by atoms with van der Waals surface area (Å²) in [5, 5.41) is 3.77. The van der Waals surface area contributed by atoms with Crippen LogP contribution >= 0.6 is 24.0 Å². The lowest BCUT2D eigenvalue weighted by molar-refractivity contribution is -0.133. The van der Waals surface area contributed by atoms with E-state index in [0.29, 0.717) is 12.5 Å².